The van der Waals surface area contributed by atoms with Crippen LogP contribution in [-0.2, 0) is 14.8 Å². The lowest BCUT2D eigenvalue weighted by atomic mass is 9.95. The van der Waals surface area contributed by atoms with Crippen molar-refractivity contribution in [3.05, 3.63) is 0 Å². The van der Waals surface area contributed by atoms with Gasteiger partial charge in [-0.15, -0.1) is 0 Å². The first-order valence-electron chi connectivity index (χ1n) is 7.98. The molecule has 122 valence electrons. The third-order valence-corrected chi connectivity index (χ3v) is 6.40. The molecule has 1 amide bonds. The van der Waals surface area contributed by atoms with Crippen LogP contribution in [0, 0.1) is 5.92 Å². The summed E-state index contributed by atoms with van der Waals surface area (Å²) in [6.07, 6.45) is 5.57. The van der Waals surface area contributed by atoms with Crippen molar-refractivity contribution >= 4 is 15.9 Å². The van der Waals surface area contributed by atoms with Gasteiger partial charge in [0.25, 0.3) is 0 Å². The molecule has 2 aliphatic rings. The normalized spacial score (nSPS) is 23.7. The number of carbonyl (C=O) groups excluding carboxylic acids is 1. The summed E-state index contributed by atoms with van der Waals surface area (Å²) in [5.74, 6) is -0.710. The van der Waals surface area contributed by atoms with Gasteiger partial charge in [-0.2, -0.15) is 4.31 Å². The van der Waals surface area contributed by atoms with Gasteiger partial charge < -0.3 is 10.6 Å². The van der Waals surface area contributed by atoms with Crippen molar-refractivity contribution in [2.24, 2.45) is 5.92 Å². The lowest BCUT2D eigenvalue weighted by Gasteiger charge is -2.28. The first-order valence-corrected chi connectivity index (χ1v) is 9.59. The minimum atomic E-state index is -3.34. The zero-order chi connectivity index (χ0) is 15.3. The van der Waals surface area contributed by atoms with E-state index in [0.717, 1.165) is 25.7 Å². The van der Waals surface area contributed by atoms with Gasteiger partial charge in [0.1, 0.15) is 0 Å². The Morgan fingerprint density at radius 2 is 1.86 bits per heavy atom. The molecule has 2 N–H and O–H groups in total. The summed E-state index contributed by atoms with van der Waals surface area (Å²) >= 11 is 0. The molecule has 2 rings (SSSR count). The van der Waals surface area contributed by atoms with E-state index in [2.05, 4.69) is 10.6 Å². The van der Waals surface area contributed by atoms with E-state index in [9.17, 15) is 13.2 Å². The molecule has 6 nitrogen and oxygen atoms in total. The van der Waals surface area contributed by atoms with Crippen LogP contribution < -0.4 is 10.6 Å². The number of nitrogens with one attached hydrogen (secondary N) is 2. The zero-order valence-electron chi connectivity index (χ0n) is 12.8. The SMILES string of the molecule is CC(CS(=O)(=O)N1CCNCC1)C(=O)NC1CCCCC1. The van der Waals surface area contributed by atoms with Gasteiger partial charge in [0, 0.05) is 32.2 Å². The molecule has 1 aliphatic heterocycles. The average Bonchev–Trinajstić information content (AvgIpc) is 2.48. The summed E-state index contributed by atoms with van der Waals surface area (Å²) in [5, 5.41) is 6.14. The van der Waals surface area contributed by atoms with Crippen LogP contribution in [0.5, 0.6) is 0 Å². The largest absolute Gasteiger partial charge is 0.353 e. The maximum absolute atomic E-state index is 12.3. The van der Waals surface area contributed by atoms with E-state index < -0.39 is 15.9 Å². The minimum absolute atomic E-state index is 0.0917. The second kappa shape index (κ2) is 7.56. The Balaban J connectivity index is 1.84. The molecule has 0 aromatic heterocycles. The van der Waals surface area contributed by atoms with Crippen LogP contribution in [0.1, 0.15) is 39.0 Å². The topological polar surface area (TPSA) is 78.5 Å². The fraction of sp³-hybridized carbons (Fsp3) is 0.929. The van der Waals surface area contributed by atoms with Gasteiger partial charge in [0.15, 0.2) is 0 Å². The molecular formula is C14H27N3O3S. The molecule has 1 saturated carbocycles. The number of sulfonamides is 1. The molecule has 0 aromatic rings. The Morgan fingerprint density at radius 3 is 2.48 bits per heavy atom. The van der Waals surface area contributed by atoms with E-state index >= 15 is 0 Å². The monoisotopic (exact) mass is 317 g/mol. The predicted molar refractivity (Wildman–Crippen MR) is 82.4 cm³/mol. The second-order valence-corrected chi connectivity index (χ2v) is 8.19. The first-order chi connectivity index (χ1) is 9.99. The highest BCUT2D eigenvalue weighted by molar-refractivity contribution is 7.89. The summed E-state index contributed by atoms with van der Waals surface area (Å²) in [7, 11) is -3.34. The number of piperazine rings is 1. The number of rotatable bonds is 5. The smallest absolute Gasteiger partial charge is 0.224 e. The van der Waals surface area contributed by atoms with Crippen molar-refractivity contribution in [1.29, 1.82) is 0 Å². The van der Waals surface area contributed by atoms with Crippen molar-refractivity contribution in [1.82, 2.24) is 14.9 Å². The quantitative estimate of drug-likeness (QED) is 0.765. The second-order valence-electron chi connectivity index (χ2n) is 6.17. The van der Waals surface area contributed by atoms with Gasteiger partial charge in [-0.1, -0.05) is 26.2 Å². The van der Waals surface area contributed by atoms with E-state index in [4.69, 9.17) is 0 Å². The van der Waals surface area contributed by atoms with Gasteiger partial charge in [-0.3, -0.25) is 4.79 Å². The molecule has 1 saturated heterocycles. The van der Waals surface area contributed by atoms with Crippen LogP contribution >= 0.6 is 0 Å². The fourth-order valence-corrected chi connectivity index (χ4v) is 4.74. The highest BCUT2D eigenvalue weighted by atomic mass is 32.2. The lowest BCUT2D eigenvalue weighted by molar-refractivity contribution is -0.124. The van der Waals surface area contributed by atoms with Gasteiger partial charge in [-0.25, -0.2) is 8.42 Å². The predicted octanol–water partition coefficient (Wildman–Crippen LogP) is 0.306. The molecule has 0 spiro atoms. The summed E-state index contributed by atoms with van der Waals surface area (Å²) in [6, 6.07) is 0.232. The number of carbonyl (C=O) groups is 1. The third kappa shape index (κ3) is 4.93. The number of nitrogens with zero attached hydrogens (tertiary/aromatic N) is 1. The summed E-state index contributed by atoms with van der Waals surface area (Å²) < 4.78 is 26.1. The van der Waals surface area contributed by atoms with Crippen LogP contribution in [0.25, 0.3) is 0 Å². The number of hydrogen-bond acceptors (Lipinski definition) is 4. The van der Waals surface area contributed by atoms with Crippen LogP contribution in [0.15, 0.2) is 0 Å². The number of amides is 1. The van der Waals surface area contributed by atoms with E-state index in [-0.39, 0.29) is 17.7 Å². The van der Waals surface area contributed by atoms with E-state index in [1.807, 2.05) is 0 Å². The van der Waals surface area contributed by atoms with Gasteiger partial charge >= 0.3 is 0 Å². The Hall–Kier alpha value is -0.660. The van der Waals surface area contributed by atoms with Crippen LogP contribution in [-0.4, -0.2) is 56.6 Å². The average molecular weight is 317 g/mol. The maximum atomic E-state index is 12.3. The Morgan fingerprint density at radius 1 is 1.24 bits per heavy atom. The van der Waals surface area contributed by atoms with Crippen LogP contribution in [0.4, 0.5) is 0 Å². The fourth-order valence-electron chi connectivity index (χ4n) is 3.01. The molecule has 1 heterocycles. The van der Waals surface area contributed by atoms with Gasteiger partial charge in [0.05, 0.1) is 11.7 Å². The zero-order valence-corrected chi connectivity index (χ0v) is 13.6. The molecular weight excluding hydrogens is 290 g/mol. The molecule has 0 aromatic carbocycles. The van der Waals surface area contributed by atoms with Crippen molar-refractivity contribution < 1.29 is 13.2 Å². The van der Waals surface area contributed by atoms with Crippen molar-refractivity contribution in [3.63, 3.8) is 0 Å². The highest BCUT2D eigenvalue weighted by Gasteiger charge is 2.29. The lowest BCUT2D eigenvalue weighted by Crippen LogP contribution is -2.49. The molecule has 0 radical (unpaired) electrons. The molecule has 21 heavy (non-hydrogen) atoms. The van der Waals surface area contributed by atoms with Gasteiger partial charge in [0.2, 0.25) is 15.9 Å². The summed E-state index contributed by atoms with van der Waals surface area (Å²) in [6.45, 7) is 4.07. The van der Waals surface area contributed by atoms with E-state index in [1.54, 1.807) is 6.92 Å². The molecule has 1 aliphatic carbocycles. The summed E-state index contributed by atoms with van der Waals surface area (Å²) in [5.41, 5.74) is 0. The number of hydrogen-bond donors (Lipinski definition) is 2. The van der Waals surface area contributed by atoms with Crippen molar-refractivity contribution in [2.45, 2.75) is 45.1 Å². The highest BCUT2D eigenvalue weighted by Crippen LogP contribution is 2.18. The Kier molecular flexibility index (Phi) is 6.01. The minimum Gasteiger partial charge on any atom is -0.353 e. The van der Waals surface area contributed by atoms with Crippen LogP contribution in [0.2, 0.25) is 0 Å². The van der Waals surface area contributed by atoms with Crippen LogP contribution in [0.3, 0.4) is 0 Å². The summed E-state index contributed by atoms with van der Waals surface area (Å²) in [4.78, 5) is 12.2. The Labute approximate surface area is 127 Å². The van der Waals surface area contributed by atoms with E-state index in [0.29, 0.717) is 26.2 Å². The van der Waals surface area contributed by atoms with E-state index in [1.165, 1.54) is 10.7 Å². The van der Waals surface area contributed by atoms with Gasteiger partial charge in [-0.05, 0) is 12.8 Å². The molecule has 1 unspecified atom stereocenters. The Bertz CT molecular complexity index is 440. The maximum Gasteiger partial charge on any atom is 0.224 e. The third-order valence-electron chi connectivity index (χ3n) is 4.33. The van der Waals surface area contributed by atoms with Crippen molar-refractivity contribution in [3.8, 4) is 0 Å². The molecule has 2 fully saturated rings. The van der Waals surface area contributed by atoms with Crippen molar-refractivity contribution in [2.75, 3.05) is 31.9 Å². The molecule has 7 heteroatoms. The first kappa shape index (κ1) is 16.7. The standard InChI is InChI=1S/C14H27N3O3S/c1-12(14(18)16-13-5-3-2-4-6-13)11-21(19,20)17-9-7-15-8-10-17/h12-13,15H,2-11H2,1H3,(H,16,18). The molecule has 1 atom stereocenters. The molecule has 0 bridgehead atoms.